The molecule has 0 saturated carbocycles. The lowest BCUT2D eigenvalue weighted by Gasteiger charge is -2.23. The van der Waals surface area contributed by atoms with Crippen molar-refractivity contribution < 1.29 is 13.2 Å². The molecule has 2 heterocycles. The van der Waals surface area contributed by atoms with E-state index >= 15 is 0 Å². The van der Waals surface area contributed by atoms with Gasteiger partial charge in [0.15, 0.2) is 0 Å². The summed E-state index contributed by atoms with van der Waals surface area (Å²) >= 11 is 0. The Hall–Kier alpha value is -2.82. The fraction of sp³-hybridized carbons (Fsp3) is 0.312. The van der Waals surface area contributed by atoms with Gasteiger partial charge in [-0.1, -0.05) is 0 Å². The molecule has 1 aliphatic rings. The van der Waals surface area contributed by atoms with Crippen LogP contribution in [0.15, 0.2) is 36.8 Å². The summed E-state index contributed by atoms with van der Waals surface area (Å²) in [5.41, 5.74) is -0.668. The number of halogens is 3. The molecule has 0 spiro atoms. The first-order valence-corrected chi connectivity index (χ1v) is 7.36. The molecule has 1 saturated heterocycles. The number of anilines is 2. The molecular weight excluding hydrogens is 319 g/mol. The molecule has 3 rings (SSSR count). The van der Waals surface area contributed by atoms with Gasteiger partial charge in [-0.15, -0.1) is 0 Å². The van der Waals surface area contributed by atoms with Crippen LogP contribution in [0.4, 0.5) is 24.7 Å². The van der Waals surface area contributed by atoms with Gasteiger partial charge >= 0.3 is 6.18 Å². The third-order valence-corrected chi connectivity index (χ3v) is 3.89. The fourth-order valence-electron chi connectivity index (χ4n) is 2.79. The molecule has 24 heavy (non-hydrogen) atoms. The minimum absolute atomic E-state index is 0.000863. The molecule has 0 bridgehead atoms. The van der Waals surface area contributed by atoms with Gasteiger partial charge in [0.1, 0.15) is 12.1 Å². The van der Waals surface area contributed by atoms with Crippen LogP contribution < -0.4 is 10.2 Å². The van der Waals surface area contributed by atoms with Gasteiger partial charge in [0.25, 0.3) is 0 Å². The van der Waals surface area contributed by atoms with E-state index < -0.39 is 11.7 Å². The molecular formula is C16H14F3N5. The first-order valence-electron chi connectivity index (χ1n) is 7.36. The zero-order chi connectivity index (χ0) is 17.2. The highest BCUT2D eigenvalue weighted by Crippen LogP contribution is 2.38. The second kappa shape index (κ2) is 6.35. The molecule has 1 aliphatic heterocycles. The summed E-state index contributed by atoms with van der Waals surface area (Å²) in [7, 11) is 0. The van der Waals surface area contributed by atoms with Crippen LogP contribution in [0.5, 0.6) is 0 Å². The standard InChI is InChI=1S/C16H14F3N5/c17-16(18,19)13-7-11(8-20)1-2-14(13)24-6-4-12(9-24)23-15-3-5-21-10-22-15/h1-3,5,7,10,12H,4,6,9H2,(H,21,22,23). The van der Waals surface area contributed by atoms with E-state index in [1.165, 1.54) is 18.5 Å². The van der Waals surface area contributed by atoms with Crippen molar-refractivity contribution in [1.29, 1.82) is 5.26 Å². The van der Waals surface area contributed by atoms with Crippen molar-refractivity contribution in [2.24, 2.45) is 0 Å². The normalized spacial score (nSPS) is 17.6. The number of rotatable bonds is 3. The quantitative estimate of drug-likeness (QED) is 0.935. The highest BCUT2D eigenvalue weighted by molar-refractivity contribution is 5.59. The predicted molar refractivity (Wildman–Crippen MR) is 82.4 cm³/mol. The maximum Gasteiger partial charge on any atom is 0.418 e. The average molecular weight is 333 g/mol. The summed E-state index contributed by atoms with van der Waals surface area (Å²) in [6.07, 6.45) is -0.788. The summed E-state index contributed by atoms with van der Waals surface area (Å²) in [6.45, 7) is 0.927. The third kappa shape index (κ3) is 3.40. The van der Waals surface area contributed by atoms with Gasteiger partial charge in [-0.2, -0.15) is 18.4 Å². The maximum absolute atomic E-state index is 13.3. The average Bonchev–Trinajstić information content (AvgIpc) is 3.03. The van der Waals surface area contributed by atoms with E-state index in [2.05, 4.69) is 15.3 Å². The van der Waals surface area contributed by atoms with Crippen molar-refractivity contribution in [2.45, 2.75) is 18.6 Å². The molecule has 1 aromatic heterocycles. The number of hydrogen-bond donors (Lipinski definition) is 1. The molecule has 124 valence electrons. The van der Waals surface area contributed by atoms with Crippen LogP contribution in [-0.4, -0.2) is 29.1 Å². The van der Waals surface area contributed by atoms with Crippen molar-refractivity contribution >= 4 is 11.5 Å². The Balaban J connectivity index is 1.79. The number of nitriles is 1. The number of nitrogens with zero attached hydrogens (tertiary/aromatic N) is 4. The van der Waals surface area contributed by atoms with Crippen LogP contribution >= 0.6 is 0 Å². The molecule has 2 aromatic rings. The van der Waals surface area contributed by atoms with Gasteiger partial charge in [-0.25, -0.2) is 9.97 Å². The van der Waals surface area contributed by atoms with E-state index in [0.717, 1.165) is 6.07 Å². The van der Waals surface area contributed by atoms with Crippen LogP contribution in [0, 0.1) is 11.3 Å². The van der Waals surface area contributed by atoms with Gasteiger partial charge in [-0.05, 0) is 30.7 Å². The molecule has 0 radical (unpaired) electrons. The van der Waals surface area contributed by atoms with E-state index in [1.54, 1.807) is 23.2 Å². The predicted octanol–water partition coefficient (Wildman–Crippen LogP) is 3.06. The number of nitrogens with one attached hydrogen (secondary N) is 1. The van der Waals surface area contributed by atoms with Crippen LogP contribution in [0.2, 0.25) is 0 Å². The second-order valence-corrected chi connectivity index (χ2v) is 5.51. The van der Waals surface area contributed by atoms with Crippen molar-refractivity contribution in [3.63, 3.8) is 0 Å². The molecule has 1 atom stereocenters. The lowest BCUT2D eigenvalue weighted by molar-refractivity contribution is -0.137. The zero-order valence-corrected chi connectivity index (χ0v) is 12.6. The summed E-state index contributed by atoms with van der Waals surface area (Å²) in [5, 5.41) is 12.0. The van der Waals surface area contributed by atoms with Gasteiger partial charge in [0.05, 0.1) is 17.2 Å². The van der Waals surface area contributed by atoms with Crippen molar-refractivity contribution in [1.82, 2.24) is 9.97 Å². The van der Waals surface area contributed by atoms with E-state index in [9.17, 15) is 13.2 Å². The van der Waals surface area contributed by atoms with Gasteiger partial charge < -0.3 is 10.2 Å². The topological polar surface area (TPSA) is 64.8 Å². The van der Waals surface area contributed by atoms with E-state index in [1.807, 2.05) is 0 Å². The smallest absolute Gasteiger partial charge is 0.369 e. The number of alkyl halides is 3. The number of hydrogen-bond acceptors (Lipinski definition) is 5. The summed E-state index contributed by atoms with van der Waals surface area (Å²) in [6, 6.07) is 7.15. The second-order valence-electron chi connectivity index (χ2n) is 5.51. The van der Waals surface area contributed by atoms with Crippen LogP contribution in [0.1, 0.15) is 17.5 Å². The molecule has 0 amide bonds. The monoisotopic (exact) mass is 333 g/mol. The molecule has 8 heteroatoms. The summed E-state index contributed by atoms with van der Waals surface area (Å²) < 4.78 is 39.9. The Morgan fingerprint density at radius 1 is 1.29 bits per heavy atom. The third-order valence-electron chi connectivity index (χ3n) is 3.89. The molecule has 1 fully saturated rings. The zero-order valence-electron chi connectivity index (χ0n) is 12.6. The van der Waals surface area contributed by atoms with Gasteiger partial charge in [0, 0.05) is 31.0 Å². The highest BCUT2D eigenvalue weighted by Gasteiger charge is 2.36. The first kappa shape index (κ1) is 16.1. The van der Waals surface area contributed by atoms with Crippen molar-refractivity contribution in [2.75, 3.05) is 23.3 Å². The minimum atomic E-state index is -4.50. The Kier molecular flexibility index (Phi) is 4.25. The Morgan fingerprint density at radius 2 is 2.12 bits per heavy atom. The number of aromatic nitrogens is 2. The lowest BCUT2D eigenvalue weighted by Crippen LogP contribution is -2.28. The van der Waals surface area contributed by atoms with E-state index in [4.69, 9.17) is 5.26 Å². The van der Waals surface area contributed by atoms with Crippen molar-refractivity contribution in [3.8, 4) is 6.07 Å². The largest absolute Gasteiger partial charge is 0.418 e. The van der Waals surface area contributed by atoms with Crippen LogP contribution in [0.3, 0.4) is 0 Å². The summed E-state index contributed by atoms with van der Waals surface area (Å²) in [5.74, 6) is 0.646. The molecule has 5 nitrogen and oxygen atoms in total. The first-order chi connectivity index (χ1) is 11.5. The van der Waals surface area contributed by atoms with Gasteiger partial charge in [-0.3, -0.25) is 0 Å². The maximum atomic E-state index is 13.3. The Morgan fingerprint density at radius 3 is 2.79 bits per heavy atom. The number of benzene rings is 1. The lowest BCUT2D eigenvalue weighted by atomic mass is 10.1. The SMILES string of the molecule is N#Cc1ccc(N2CCC(Nc3ccncn3)C2)c(C(F)(F)F)c1. The van der Waals surface area contributed by atoms with Crippen LogP contribution in [-0.2, 0) is 6.18 Å². The Bertz CT molecular complexity index is 755. The fourth-order valence-corrected chi connectivity index (χ4v) is 2.79. The van der Waals surface area contributed by atoms with Crippen molar-refractivity contribution in [3.05, 3.63) is 47.9 Å². The van der Waals surface area contributed by atoms with E-state index in [0.29, 0.717) is 25.3 Å². The molecule has 1 unspecified atom stereocenters. The van der Waals surface area contributed by atoms with E-state index in [-0.39, 0.29) is 17.3 Å². The Labute approximate surface area is 136 Å². The minimum Gasteiger partial charge on any atom is -0.369 e. The molecule has 1 aromatic carbocycles. The summed E-state index contributed by atoms with van der Waals surface area (Å²) in [4.78, 5) is 9.57. The molecule has 0 aliphatic carbocycles. The van der Waals surface area contributed by atoms with Crippen LogP contribution in [0.25, 0.3) is 0 Å². The molecule has 1 N–H and O–H groups in total. The van der Waals surface area contributed by atoms with Gasteiger partial charge in [0.2, 0.25) is 0 Å². The highest BCUT2D eigenvalue weighted by atomic mass is 19.4.